The minimum Gasteiger partial charge on any atom is -0.378 e. The molecule has 208 valence electrons. The van der Waals surface area contributed by atoms with Crippen molar-refractivity contribution in [3.05, 3.63) is 99.7 Å². The van der Waals surface area contributed by atoms with Crippen LogP contribution in [0.15, 0.2) is 71.5 Å². The molecule has 0 unspecified atom stereocenters. The largest absolute Gasteiger partial charge is 0.378 e. The number of aromatic nitrogens is 4. The van der Waals surface area contributed by atoms with E-state index in [1.54, 1.807) is 0 Å². The fourth-order valence-corrected chi connectivity index (χ4v) is 5.45. The number of aryl methyl sites for hydroxylation is 1. The van der Waals surface area contributed by atoms with Crippen LogP contribution in [0.4, 0.5) is 5.69 Å². The van der Waals surface area contributed by atoms with E-state index in [0.717, 1.165) is 65.1 Å². The first-order chi connectivity index (χ1) is 19.9. The van der Waals surface area contributed by atoms with Gasteiger partial charge in [-0.25, -0.2) is 9.97 Å². The Morgan fingerprint density at radius 2 is 1.73 bits per heavy atom. The molecule has 0 aliphatic carbocycles. The third-order valence-corrected chi connectivity index (χ3v) is 7.69. The summed E-state index contributed by atoms with van der Waals surface area (Å²) in [6.07, 6.45) is 6.98. The van der Waals surface area contributed by atoms with Crippen molar-refractivity contribution in [3.63, 3.8) is 0 Å². The van der Waals surface area contributed by atoms with E-state index in [2.05, 4.69) is 44.8 Å². The molecule has 1 fully saturated rings. The lowest BCUT2D eigenvalue weighted by Crippen LogP contribution is -2.26. The van der Waals surface area contributed by atoms with Gasteiger partial charge in [0.25, 0.3) is 5.56 Å². The van der Waals surface area contributed by atoms with E-state index < -0.39 is 0 Å². The zero-order valence-electron chi connectivity index (χ0n) is 23.5. The first-order valence-electron chi connectivity index (χ1n) is 14.1. The molecule has 1 saturated heterocycles. The highest BCUT2D eigenvalue weighted by Crippen LogP contribution is 2.24. The summed E-state index contributed by atoms with van der Waals surface area (Å²) in [5, 5.41) is 0. The van der Waals surface area contributed by atoms with Gasteiger partial charge < -0.3 is 19.4 Å². The van der Waals surface area contributed by atoms with Crippen LogP contribution in [0.1, 0.15) is 41.9 Å². The normalized spacial score (nSPS) is 13.7. The number of hydrogen-bond acceptors (Lipinski definition) is 5. The van der Waals surface area contributed by atoms with Crippen LogP contribution in [0.2, 0.25) is 0 Å². The highest BCUT2D eigenvalue weighted by Gasteiger charge is 2.20. The molecular weight excluding hydrogens is 512 g/mol. The average Bonchev–Trinajstić information content (AvgIpc) is 3.54. The molecule has 0 bridgehead atoms. The van der Waals surface area contributed by atoms with Gasteiger partial charge in [-0.3, -0.25) is 9.59 Å². The molecule has 6 rings (SSSR count). The monoisotopic (exact) mass is 546 g/mol. The first kappa shape index (κ1) is 26.5. The number of H-pyrrole nitrogens is 1. The zero-order chi connectivity index (χ0) is 28.3. The van der Waals surface area contributed by atoms with E-state index >= 15 is 0 Å². The quantitative estimate of drug-likeness (QED) is 0.278. The molecule has 5 aromatic rings. The molecule has 8 nitrogen and oxygen atoms in total. The SMILES string of the molecule is CN(C)c1ccc(C=Cc2nc3cc4[nH]c(=O)c(Cc5ccccc5)nc4cc3n2CCCN2CCCC2=O)cc1. The number of imidazole rings is 1. The average molecular weight is 547 g/mol. The molecule has 1 aliphatic rings. The molecule has 3 aromatic carbocycles. The first-order valence-corrected chi connectivity index (χ1v) is 14.1. The number of hydrogen-bond donors (Lipinski definition) is 1. The van der Waals surface area contributed by atoms with Gasteiger partial charge in [-0.1, -0.05) is 48.5 Å². The smallest absolute Gasteiger partial charge is 0.270 e. The number of aromatic amines is 1. The van der Waals surface area contributed by atoms with Crippen LogP contribution >= 0.6 is 0 Å². The van der Waals surface area contributed by atoms with Crippen molar-refractivity contribution in [2.24, 2.45) is 0 Å². The molecule has 3 heterocycles. The van der Waals surface area contributed by atoms with Gasteiger partial charge in [-0.05, 0) is 54.3 Å². The summed E-state index contributed by atoms with van der Waals surface area (Å²) in [4.78, 5) is 41.8. The second-order valence-electron chi connectivity index (χ2n) is 10.8. The zero-order valence-corrected chi connectivity index (χ0v) is 23.5. The fourth-order valence-electron chi connectivity index (χ4n) is 5.45. The maximum absolute atomic E-state index is 12.9. The van der Waals surface area contributed by atoms with E-state index in [0.29, 0.717) is 30.6 Å². The third-order valence-electron chi connectivity index (χ3n) is 7.69. The Hall–Kier alpha value is -4.72. The summed E-state index contributed by atoms with van der Waals surface area (Å²) >= 11 is 0. The summed E-state index contributed by atoms with van der Waals surface area (Å²) < 4.78 is 2.20. The highest BCUT2D eigenvalue weighted by atomic mass is 16.2. The van der Waals surface area contributed by atoms with Crippen molar-refractivity contribution in [2.75, 3.05) is 32.1 Å². The third kappa shape index (κ3) is 5.77. The summed E-state index contributed by atoms with van der Waals surface area (Å²) in [6.45, 7) is 2.28. The minimum absolute atomic E-state index is 0.184. The van der Waals surface area contributed by atoms with Crippen molar-refractivity contribution in [2.45, 2.75) is 32.2 Å². The lowest BCUT2D eigenvalue weighted by Gasteiger charge is -2.16. The topological polar surface area (TPSA) is 87.1 Å². The van der Waals surface area contributed by atoms with E-state index in [-0.39, 0.29) is 11.5 Å². The molecule has 1 N–H and O–H groups in total. The van der Waals surface area contributed by atoms with E-state index in [1.807, 2.05) is 67.5 Å². The molecule has 41 heavy (non-hydrogen) atoms. The minimum atomic E-state index is -0.184. The van der Waals surface area contributed by atoms with Crippen molar-refractivity contribution < 1.29 is 4.79 Å². The van der Waals surface area contributed by atoms with Gasteiger partial charge in [-0.2, -0.15) is 0 Å². The number of carbonyl (C=O) groups excluding carboxylic acids is 1. The van der Waals surface area contributed by atoms with Gasteiger partial charge in [0.05, 0.1) is 22.1 Å². The molecule has 0 atom stereocenters. The van der Waals surface area contributed by atoms with Crippen LogP contribution in [0.3, 0.4) is 0 Å². The second-order valence-corrected chi connectivity index (χ2v) is 10.8. The molecule has 0 radical (unpaired) electrons. The maximum atomic E-state index is 12.9. The molecule has 2 aromatic heterocycles. The van der Waals surface area contributed by atoms with Gasteiger partial charge >= 0.3 is 0 Å². The number of amides is 1. The van der Waals surface area contributed by atoms with Crippen molar-refractivity contribution in [1.29, 1.82) is 0 Å². The number of nitrogens with zero attached hydrogens (tertiary/aromatic N) is 5. The maximum Gasteiger partial charge on any atom is 0.270 e. The lowest BCUT2D eigenvalue weighted by atomic mass is 10.1. The van der Waals surface area contributed by atoms with Gasteiger partial charge in [-0.15, -0.1) is 0 Å². The number of rotatable bonds is 9. The standard InChI is InChI=1S/C33H34N6O2/c1-37(2)25-14-11-23(12-15-25)13-16-31-35-28-21-26-27(34-29(33(41)36-26)20-24-8-4-3-5-9-24)22-30(28)39(31)19-7-18-38-17-6-10-32(38)40/h3-5,8-9,11-16,21-22H,6-7,10,17-20H2,1-2H3,(H,36,41). The predicted molar refractivity (Wildman–Crippen MR) is 165 cm³/mol. The Bertz CT molecular complexity index is 1780. The van der Waals surface area contributed by atoms with Crippen LogP contribution in [0.5, 0.6) is 0 Å². The number of anilines is 1. The number of carbonyl (C=O) groups is 1. The predicted octanol–water partition coefficient (Wildman–Crippen LogP) is 5.11. The molecular formula is C33H34N6O2. The van der Waals surface area contributed by atoms with Gasteiger partial charge in [0, 0.05) is 52.3 Å². The highest BCUT2D eigenvalue weighted by molar-refractivity contribution is 5.92. The van der Waals surface area contributed by atoms with Crippen LogP contribution in [-0.4, -0.2) is 57.5 Å². The Labute approximate surface area is 239 Å². The van der Waals surface area contributed by atoms with Gasteiger partial charge in [0.1, 0.15) is 11.5 Å². The van der Waals surface area contributed by atoms with E-state index in [9.17, 15) is 9.59 Å². The van der Waals surface area contributed by atoms with Crippen LogP contribution in [-0.2, 0) is 17.8 Å². The van der Waals surface area contributed by atoms with Crippen LogP contribution in [0, 0.1) is 0 Å². The number of likely N-dealkylation sites (tertiary alicyclic amines) is 1. The molecule has 1 aliphatic heterocycles. The van der Waals surface area contributed by atoms with E-state index in [4.69, 9.17) is 9.97 Å². The summed E-state index contributed by atoms with van der Waals surface area (Å²) in [5.74, 6) is 1.07. The molecule has 1 amide bonds. The summed E-state index contributed by atoms with van der Waals surface area (Å²) in [7, 11) is 4.05. The molecule has 0 spiro atoms. The number of fused-ring (bicyclic) bond motifs is 2. The van der Waals surface area contributed by atoms with Gasteiger partial charge in [0.2, 0.25) is 5.91 Å². The fraction of sp³-hybridized carbons (Fsp3) is 0.273. The van der Waals surface area contributed by atoms with Crippen LogP contribution < -0.4 is 10.5 Å². The molecule has 0 saturated carbocycles. The Morgan fingerprint density at radius 1 is 0.927 bits per heavy atom. The van der Waals surface area contributed by atoms with Crippen molar-refractivity contribution >= 4 is 45.8 Å². The second kappa shape index (κ2) is 11.4. The Morgan fingerprint density at radius 3 is 2.46 bits per heavy atom. The van der Waals surface area contributed by atoms with Gasteiger partial charge in [0.15, 0.2) is 0 Å². The van der Waals surface area contributed by atoms with Crippen LogP contribution in [0.25, 0.3) is 34.2 Å². The summed E-state index contributed by atoms with van der Waals surface area (Å²) in [6, 6.07) is 22.2. The Balaban J connectivity index is 1.36. The Kier molecular flexibility index (Phi) is 7.37. The van der Waals surface area contributed by atoms with Crippen molar-refractivity contribution in [3.8, 4) is 0 Å². The van der Waals surface area contributed by atoms with E-state index in [1.165, 1.54) is 0 Å². The number of nitrogens with one attached hydrogen (secondary N) is 1. The molecule has 8 heteroatoms. The number of benzene rings is 3. The summed E-state index contributed by atoms with van der Waals surface area (Å²) in [5.41, 5.74) is 6.72. The lowest BCUT2D eigenvalue weighted by molar-refractivity contribution is -0.127. The van der Waals surface area contributed by atoms with Crippen molar-refractivity contribution in [1.82, 2.24) is 24.4 Å².